The van der Waals surface area contributed by atoms with Crippen LogP contribution in [0.25, 0.3) is 0 Å². The van der Waals surface area contributed by atoms with Crippen LogP contribution in [0.4, 0.5) is 0 Å². The molecule has 4 unspecified atom stereocenters. The molecule has 7 heteroatoms. The smallest absolute Gasteiger partial charge is 0.324 e. The Bertz CT molecular complexity index is 732. The first-order chi connectivity index (χ1) is 12.5. The first kappa shape index (κ1) is 17.1. The van der Waals surface area contributed by atoms with Crippen molar-refractivity contribution in [3.8, 4) is 0 Å². The number of hydrogen-bond donors (Lipinski definition) is 3. The first-order valence-corrected chi connectivity index (χ1v) is 9.29. The van der Waals surface area contributed by atoms with Gasteiger partial charge in [0.1, 0.15) is 5.54 Å². The lowest BCUT2D eigenvalue weighted by molar-refractivity contribution is -0.150. The van der Waals surface area contributed by atoms with Crippen LogP contribution < -0.4 is 10.6 Å². The Kier molecular flexibility index (Phi) is 4.26. The summed E-state index contributed by atoms with van der Waals surface area (Å²) in [5.74, 6) is -3.34. The number of fused-ring (bicyclic) bond motifs is 1. The van der Waals surface area contributed by atoms with Gasteiger partial charge in [0.25, 0.3) is 0 Å². The highest BCUT2D eigenvalue weighted by atomic mass is 16.4. The van der Waals surface area contributed by atoms with Crippen LogP contribution in [0.1, 0.15) is 50.3 Å². The van der Waals surface area contributed by atoms with Gasteiger partial charge >= 0.3 is 5.97 Å². The number of aromatic nitrogens is 1. The van der Waals surface area contributed by atoms with Crippen molar-refractivity contribution in [3.63, 3.8) is 0 Å². The Balaban J connectivity index is 1.74. The van der Waals surface area contributed by atoms with Crippen molar-refractivity contribution in [1.29, 1.82) is 0 Å². The lowest BCUT2D eigenvalue weighted by Crippen LogP contribution is -2.56. The Labute approximate surface area is 151 Å². The molecule has 0 spiro atoms. The molecule has 1 saturated carbocycles. The third-order valence-electron chi connectivity index (χ3n) is 6.22. The Morgan fingerprint density at radius 1 is 1.19 bits per heavy atom. The number of rotatable bonds is 4. The summed E-state index contributed by atoms with van der Waals surface area (Å²) in [6.45, 7) is 0. The molecule has 1 aromatic heterocycles. The van der Waals surface area contributed by atoms with Gasteiger partial charge in [-0.3, -0.25) is 30.0 Å². The Hall–Kier alpha value is -2.28. The average Bonchev–Trinajstić information content (AvgIpc) is 3.14. The van der Waals surface area contributed by atoms with Crippen molar-refractivity contribution in [2.24, 2.45) is 17.8 Å². The summed E-state index contributed by atoms with van der Waals surface area (Å²) in [7, 11) is 0. The van der Waals surface area contributed by atoms with E-state index in [0.29, 0.717) is 12.1 Å². The fraction of sp³-hybridized carbons (Fsp3) is 0.579. The van der Waals surface area contributed by atoms with Gasteiger partial charge in [0.2, 0.25) is 11.8 Å². The van der Waals surface area contributed by atoms with Crippen LogP contribution in [0.2, 0.25) is 0 Å². The fourth-order valence-corrected chi connectivity index (χ4v) is 5.06. The van der Waals surface area contributed by atoms with Gasteiger partial charge in [-0.1, -0.05) is 38.2 Å². The monoisotopic (exact) mass is 357 g/mol. The molecule has 26 heavy (non-hydrogen) atoms. The van der Waals surface area contributed by atoms with Gasteiger partial charge in [-0.2, -0.15) is 0 Å². The van der Waals surface area contributed by atoms with E-state index < -0.39 is 41.2 Å². The van der Waals surface area contributed by atoms with Gasteiger partial charge in [0, 0.05) is 6.20 Å². The maximum absolute atomic E-state index is 12.5. The summed E-state index contributed by atoms with van der Waals surface area (Å²) >= 11 is 0. The van der Waals surface area contributed by atoms with E-state index in [9.17, 15) is 19.5 Å². The summed E-state index contributed by atoms with van der Waals surface area (Å²) in [6.07, 6.45) is 7.27. The number of aliphatic carboxylic acids is 1. The molecule has 3 aliphatic rings. The van der Waals surface area contributed by atoms with Gasteiger partial charge in [0.05, 0.1) is 23.6 Å². The number of nitrogens with one attached hydrogen (secondary N) is 2. The lowest BCUT2D eigenvalue weighted by atomic mass is 9.72. The standard InChI is InChI=1S/C19H23N3O4/c23-16-13-14(17(24)21-16)19(18(25)26,10-11-6-2-1-3-7-11)22-15(13)12-8-4-5-9-20-12/h4-5,8-9,11,13-15,22H,1-3,6-7,10H2,(H,25,26)(H,21,23,24). The van der Waals surface area contributed by atoms with Crippen LogP contribution in [-0.4, -0.2) is 33.4 Å². The number of carboxylic acids is 1. The molecular weight excluding hydrogens is 334 g/mol. The molecule has 3 fully saturated rings. The Morgan fingerprint density at radius 2 is 1.96 bits per heavy atom. The van der Waals surface area contributed by atoms with Crippen LogP contribution >= 0.6 is 0 Å². The zero-order valence-electron chi connectivity index (χ0n) is 14.5. The lowest BCUT2D eigenvalue weighted by Gasteiger charge is -2.34. The molecule has 1 aliphatic carbocycles. The van der Waals surface area contributed by atoms with Gasteiger partial charge in [-0.15, -0.1) is 0 Å². The number of carbonyl (C=O) groups is 3. The van der Waals surface area contributed by atoms with E-state index in [0.717, 1.165) is 25.7 Å². The van der Waals surface area contributed by atoms with E-state index >= 15 is 0 Å². The molecule has 138 valence electrons. The highest BCUT2D eigenvalue weighted by Crippen LogP contribution is 2.49. The van der Waals surface area contributed by atoms with Crippen molar-refractivity contribution in [2.45, 2.75) is 50.1 Å². The summed E-state index contributed by atoms with van der Waals surface area (Å²) in [4.78, 5) is 41.7. The molecule has 2 saturated heterocycles. The molecule has 0 bridgehead atoms. The predicted molar refractivity (Wildman–Crippen MR) is 91.8 cm³/mol. The molecule has 0 radical (unpaired) electrons. The zero-order chi connectivity index (χ0) is 18.3. The Morgan fingerprint density at radius 3 is 2.62 bits per heavy atom. The maximum Gasteiger partial charge on any atom is 0.324 e. The summed E-state index contributed by atoms with van der Waals surface area (Å²) in [5, 5.41) is 15.7. The van der Waals surface area contributed by atoms with E-state index in [2.05, 4.69) is 15.6 Å². The number of nitrogens with zero attached hydrogens (tertiary/aromatic N) is 1. The van der Waals surface area contributed by atoms with Crippen LogP contribution in [0.5, 0.6) is 0 Å². The molecular formula is C19H23N3O4. The van der Waals surface area contributed by atoms with Crippen molar-refractivity contribution < 1.29 is 19.5 Å². The largest absolute Gasteiger partial charge is 0.480 e. The van der Waals surface area contributed by atoms with E-state index in [4.69, 9.17) is 0 Å². The molecule has 3 N–H and O–H groups in total. The van der Waals surface area contributed by atoms with Crippen LogP contribution in [0, 0.1) is 17.8 Å². The normalized spacial score (nSPS) is 34.5. The summed E-state index contributed by atoms with van der Waals surface area (Å²) < 4.78 is 0. The third kappa shape index (κ3) is 2.61. The number of pyridine rings is 1. The highest BCUT2D eigenvalue weighted by molar-refractivity contribution is 6.09. The average molecular weight is 357 g/mol. The number of hydrogen-bond acceptors (Lipinski definition) is 5. The first-order valence-electron chi connectivity index (χ1n) is 9.29. The zero-order valence-corrected chi connectivity index (χ0v) is 14.5. The fourth-order valence-electron chi connectivity index (χ4n) is 5.06. The third-order valence-corrected chi connectivity index (χ3v) is 6.22. The van der Waals surface area contributed by atoms with E-state index in [1.807, 2.05) is 0 Å². The second kappa shape index (κ2) is 6.46. The predicted octanol–water partition coefficient (Wildman–Crippen LogP) is 1.41. The van der Waals surface area contributed by atoms with Crippen molar-refractivity contribution >= 4 is 17.8 Å². The number of amides is 2. The molecule has 4 atom stereocenters. The van der Waals surface area contributed by atoms with Crippen LogP contribution in [0.3, 0.4) is 0 Å². The van der Waals surface area contributed by atoms with Gasteiger partial charge in [-0.25, -0.2) is 0 Å². The SMILES string of the molecule is O=C1NC(=O)C2C1C(c1ccccn1)NC2(CC1CCCCC1)C(=O)O. The molecule has 2 amide bonds. The molecule has 2 aliphatic heterocycles. The van der Waals surface area contributed by atoms with E-state index in [1.165, 1.54) is 6.42 Å². The van der Waals surface area contributed by atoms with E-state index in [1.54, 1.807) is 24.4 Å². The van der Waals surface area contributed by atoms with E-state index in [-0.39, 0.29) is 5.92 Å². The highest BCUT2D eigenvalue weighted by Gasteiger charge is 2.66. The minimum Gasteiger partial charge on any atom is -0.480 e. The molecule has 3 heterocycles. The van der Waals surface area contributed by atoms with Crippen molar-refractivity contribution in [3.05, 3.63) is 30.1 Å². The van der Waals surface area contributed by atoms with Crippen molar-refractivity contribution in [1.82, 2.24) is 15.6 Å². The topological polar surface area (TPSA) is 108 Å². The number of carboxylic acid groups (broad SMARTS) is 1. The van der Waals surface area contributed by atoms with Gasteiger partial charge in [0.15, 0.2) is 0 Å². The second-order valence-corrected chi connectivity index (χ2v) is 7.72. The number of imide groups is 1. The van der Waals surface area contributed by atoms with Gasteiger partial charge in [-0.05, 0) is 24.5 Å². The summed E-state index contributed by atoms with van der Waals surface area (Å²) in [5.41, 5.74) is -0.829. The minimum atomic E-state index is -1.43. The van der Waals surface area contributed by atoms with Crippen molar-refractivity contribution in [2.75, 3.05) is 0 Å². The molecule has 7 nitrogen and oxygen atoms in total. The van der Waals surface area contributed by atoms with Crippen LogP contribution in [0.15, 0.2) is 24.4 Å². The maximum atomic E-state index is 12.5. The number of carbonyl (C=O) groups excluding carboxylic acids is 2. The quantitative estimate of drug-likeness (QED) is 0.703. The van der Waals surface area contributed by atoms with Gasteiger partial charge < -0.3 is 5.11 Å². The minimum absolute atomic E-state index is 0.249. The molecule has 0 aromatic carbocycles. The second-order valence-electron chi connectivity index (χ2n) is 7.72. The molecule has 1 aromatic rings. The molecule has 4 rings (SSSR count). The summed E-state index contributed by atoms with van der Waals surface area (Å²) in [6, 6.07) is 4.76. The van der Waals surface area contributed by atoms with Crippen LogP contribution in [-0.2, 0) is 14.4 Å².